The molecule has 33 heavy (non-hydrogen) atoms. The van der Waals surface area contributed by atoms with Crippen LogP contribution in [0.2, 0.25) is 0 Å². The zero-order valence-corrected chi connectivity index (χ0v) is 18.4. The molecule has 2 aromatic rings. The van der Waals surface area contributed by atoms with Gasteiger partial charge in [-0.25, -0.2) is 4.79 Å². The van der Waals surface area contributed by atoms with E-state index in [1.165, 1.54) is 12.2 Å². The molecule has 1 fully saturated rings. The largest absolute Gasteiger partial charge is 0.497 e. The SMILES string of the molecule is COc1ccc(NC(=O)/C=C/C(=O)N2CCC3(CC2)OC(=O)Nc2ccc(OC)cc23)cc1. The van der Waals surface area contributed by atoms with Gasteiger partial charge in [-0.2, -0.15) is 0 Å². The van der Waals surface area contributed by atoms with Crippen molar-refractivity contribution in [2.75, 3.05) is 37.9 Å². The quantitative estimate of drug-likeness (QED) is 0.676. The van der Waals surface area contributed by atoms with Crippen LogP contribution in [-0.2, 0) is 19.9 Å². The van der Waals surface area contributed by atoms with Crippen LogP contribution in [0.4, 0.5) is 16.2 Å². The fourth-order valence-corrected chi connectivity index (χ4v) is 4.07. The lowest BCUT2D eigenvalue weighted by atomic mass is 9.82. The number of hydrogen-bond donors (Lipinski definition) is 2. The number of amides is 3. The monoisotopic (exact) mass is 451 g/mol. The first-order valence-electron chi connectivity index (χ1n) is 10.5. The Morgan fingerprint density at radius 3 is 2.36 bits per heavy atom. The van der Waals surface area contributed by atoms with Crippen LogP contribution >= 0.6 is 0 Å². The molecule has 4 rings (SSSR count). The molecular formula is C24H25N3O6. The molecule has 9 heteroatoms. The maximum Gasteiger partial charge on any atom is 0.412 e. The third-order valence-electron chi connectivity index (χ3n) is 5.86. The number of rotatable bonds is 5. The second-order valence-corrected chi connectivity index (χ2v) is 7.80. The number of likely N-dealkylation sites (tertiary alicyclic amines) is 1. The number of ether oxygens (including phenoxy) is 3. The van der Waals surface area contributed by atoms with E-state index in [9.17, 15) is 14.4 Å². The number of methoxy groups -OCH3 is 2. The van der Waals surface area contributed by atoms with Gasteiger partial charge in [-0.1, -0.05) is 0 Å². The van der Waals surface area contributed by atoms with E-state index in [4.69, 9.17) is 14.2 Å². The van der Waals surface area contributed by atoms with E-state index < -0.39 is 17.6 Å². The maximum atomic E-state index is 12.6. The van der Waals surface area contributed by atoms with Gasteiger partial charge in [-0.3, -0.25) is 14.9 Å². The van der Waals surface area contributed by atoms with Crippen LogP contribution in [0.3, 0.4) is 0 Å². The summed E-state index contributed by atoms with van der Waals surface area (Å²) in [6, 6.07) is 12.3. The van der Waals surface area contributed by atoms with Gasteiger partial charge in [-0.15, -0.1) is 0 Å². The molecule has 1 spiro atoms. The van der Waals surface area contributed by atoms with Crippen molar-refractivity contribution in [3.05, 3.63) is 60.2 Å². The van der Waals surface area contributed by atoms with Gasteiger partial charge in [0.25, 0.3) is 0 Å². The van der Waals surface area contributed by atoms with Crippen molar-refractivity contribution in [2.24, 2.45) is 0 Å². The summed E-state index contributed by atoms with van der Waals surface area (Å²) in [7, 11) is 3.14. The first kappa shape index (κ1) is 22.2. The summed E-state index contributed by atoms with van der Waals surface area (Å²) in [5.41, 5.74) is 1.29. The molecule has 0 bridgehead atoms. The first-order chi connectivity index (χ1) is 15.9. The Morgan fingerprint density at radius 1 is 1.03 bits per heavy atom. The topological polar surface area (TPSA) is 106 Å². The molecule has 9 nitrogen and oxygen atoms in total. The lowest BCUT2D eigenvalue weighted by Gasteiger charge is -2.44. The Kier molecular flexibility index (Phi) is 6.21. The molecule has 3 amide bonds. The van der Waals surface area contributed by atoms with E-state index in [0.717, 1.165) is 5.56 Å². The molecule has 2 aliphatic rings. The van der Waals surface area contributed by atoms with Crippen molar-refractivity contribution in [3.8, 4) is 11.5 Å². The molecule has 2 aliphatic heterocycles. The number of carbonyl (C=O) groups excluding carboxylic acids is 3. The van der Waals surface area contributed by atoms with Crippen LogP contribution < -0.4 is 20.1 Å². The van der Waals surface area contributed by atoms with Crippen molar-refractivity contribution in [1.82, 2.24) is 4.90 Å². The fourth-order valence-electron chi connectivity index (χ4n) is 4.07. The minimum atomic E-state index is -0.821. The Labute approximate surface area is 191 Å². The van der Waals surface area contributed by atoms with Crippen molar-refractivity contribution >= 4 is 29.3 Å². The number of piperidine rings is 1. The van der Waals surface area contributed by atoms with Gasteiger partial charge in [0, 0.05) is 49.3 Å². The van der Waals surface area contributed by atoms with Gasteiger partial charge in [0.1, 0.15) is 17.1 Å². The normalized spacial score (nSPS) is 16.5. The summed E-state index contributed by atoms with van der Waals surface area (Å²) in [5.74, 6) is 0.662. The second-order valence-electron chi connectivity index (χ2n) is 7.80. The van der Waals surface area contributed by atoms with E-state index >= 15 is 0 Å². The molecular weight excluding hydrogens is 426 g/mol. The summed E-state index contributed by atoms with van der Waals surface area (Å²) in [6.07, 6.45) is 2.84. The Morgan fingerprint density at radius 2 is 1.70 bits per heavy atom. The first-order valence-corrected chi connectivity index (χ1v) is 10.5. The summed E-state index contributed by atoms with van der Waals surface area (Å²) in [6.45, 7) is 0.764. The van der Waals surface area contributed by atoms with Gasteiger partial charge in [0.2, 0.25) is 11.8 Å². The van der Waals surface area contributed by atoms with E-state index in [0.29, 0.717) is 48.8 Å². The second kappa shape index (κ2) is 9.23. The van der Waals surface area contributed by atoms with Crippen LogP contribution in [0.25, 0.3) is 0 Å². The highest BCUT2D eigenvalue weighted by Crippen LogP contribution is 2.44. The van der Waals surface area contributed by atoms with Crippen molar-refractivity contribution in [2.45, 2.75) is 18.4 Å². The predicted molar refractivity (Wildman–Crippen MR) is 121 cm³/mol. The molecule has 0 saturated carbocycles. The highest BCUT2D eigenvalue weighted by Gasteiger charge is 2.45. The number of fused-ring (bicyclic) bond motifs is 2. The Balaban J connectivity index is 1.38. The number of carbonyl (C=O) groups is 3. The smallest absolute Gasteiger partial charge is 0.412 e. The Hall–Kier alpha value is -4.01. The molecule has 0 unspecified atom stereocenters. The average molecular weight is 451 g/mol. The van der Waals surface area contributed by atoms with Gasteiger partial charge in [0.05, 0.1) is 19.9 Å². The van der Waals surface area contributed by atoms with Crippen LogP contribution in [0, 0.1) is 0 Å². The zero-order valence-electron chi connectivity index (χ0n) is 18.4. The lowest BCUT2D eigenvalue weighted by molar-refractivity contribution is -0.130. The fraction of sp³-hybridized carbons (Fsp3) is 0.292. The van der Waals surface area contributed by atoms with Crippen LogP contribution in [-0.4, -0.2) is 50.1 Å². The number of hydrogen-bond acceptors (Lipinski definition) is 6. The van der Waals surface area contributed by atoms with E-state index in [1.807, 2.05) is 6.07 Å². The lowest BCUT2D eigenvalue weighted by Crippen LogP contribution is -2.49. The van der Waals surface area contributed by atoms with E-state index in [2.05, 4.69) is 10.6 Å². The summed E-state index contributed by atoms with van der Waals surface area (Å²) in [5, 5.41) is 5.41. The summed E-state index contributed by atoms with van der Waals surface area (Å²) in [4.78, 5) is 38.5. The standard InChI is InChI=1S/C24H25N3O6/c1-31-17-5-3-16(4-6-17)25-21(28)9-10-22(29)27-13-11-24(12-14-27)19-15-18(32-2)7-8-20(19)26-23(30)33-24/h3-10,15H,11-14H2,1-2H3,(H,25,28)(H,26,30)/b10-9+. The molecule has 0 aromatic heterocycles. The molecule has 0 atom stereocenters. The van der Waals surface area contributed by atoms with Crippen LogP contribution in [0.1, 0.15) is 18.4 Å². The molecule has 0 aliphatic carbocycles. The minimum absolute atomic E-state index is 0.277. The number of nitrogens with one attached hydrogen (secondary N) is 2. The van der Waals surface area contributed by atoms with Crippen molar-refractivity contribution in [1.29, 1.82) is 0 Å². The molecule has 172 valence electrons. The van der Waals surface area contributed by atoms with Crippen LogP contribution in [0.15, 0.2) is 54.6 Å². The number of benzene rings is 2. The molecule has 2 N–H and O–H groups in total. The van der Waals surface area contributed by atoms with E-state index in [-0.39, 0.29) is 5.91 Å². The third-order valence-corrected chi connectivity index (χ3v) is 5.86. The van der Waals surface area contributed by atoms with Gasteiger partial charge in [0.15, 0.2) is 0 Å². The Bertz CT molecular complexity index is 1090. The van der Waals surface area contributed by atoms with Crippen molar-refractivity contribution < 1.29 is 28.6 Å². The summed E-state index contributed by atoms with van der Waals surface area (Å²) < 4.78 is 16.1. The van der Waals surface area contributed by atoms with Crippen LogP contribution in [0.5, 0.6) is 11.5 Å². The average Bonchev–Trinajstić information content (AvgIpc) is 2.83. The summed E-state index contributed by atoms with van der Waals surface area (Å²) >= 11 is 0. The van der Waals surface area contributed by atoms with Gasteiger partial charge < -0.3 is 24.4 Å². The number of nitrogens with zero attached hydrogens (tertiary/aromatic N) is 1. The van der Waals surface area contributed by atoms with Crippen molar-refractivity contribution in [3.63, 3.8) is 0 Å². The highest BCUT2D eigenvalue weighted by atomic mass is 16.6. The van der Waals surface area contributed by atoms with Gasteiger partial charge >= 0.3 is 6.09 Å². The molecule has 1 saturated heterocycles. The van der Waals surface area contributed by atoms with Gasteiger partial charge in [-0.05, 0) is 42.5 Å². The minimum Gasteiger partial charge on any atom is -0.497 e. The maximum absolute atomic E-state index is 12.6. The van der Waals surface area contributed by atoms with E-state index in [1.54, 1.807) is 55.5 Å². The molecule has 2 aromatic carbocycles. The highest BCUT2D eigenvalue weighted by molar-refractivity contribution is 6.03. The number of anilines is 2. The zero-order chi connectivity index (χ0) is 23.4. The molecule has 0 radical (unpaired) electrons. The molecule has 2 heterocycles. The predicted octanol–water partition coefficient (Wildman–Crippen LogP) is 3.28. The third kappa shape index (κ3) is 4.77.